The number of nitrogens with zero attached hydrogens (tertiary/aromatic N) is 2. The highest BCUT2D eigenvalue weighted by Crippen LogP contribution is 2.30. The summed E-state index contributed by atoms with van der Waals surface area (Å²) in [6.45, 7) is 6.01. The average molecular weight is 569 g/mol. The van der Waals surface area contributed by atoms with Crippen molar-refractivity contribution in [1.29, 1.82) is 0 Å². The third kappa shape index (κ3) is 8.54. The molecule has 0 saturated carbocycles. The Morgan fingerprint density at radius 2 is 1.74 bits per heavy atom. The number of nitrogens with one attached hydrogen (secondary N) is 1. The molecular weight excluding hydrogens is 534 g/mol. The van der Waals surface area contributed by atoms with Crippen molar-refractivity contribution < 1.29 is 22.7 Å². The zero-order valence-corrected chi connectivity index (χ0v) is 23.1. The molecule has 0 aromatic heterocycles. The highest BCUT2D eigenvalue weighted by Gasteiger charge is 2.31. The van der Waals surface area contributed by atoms with Crippen molar-refractivity contribution in [3.05, 3.63) is 58.6 Å². The minimum absolute atomic E-state index is 0.152. The van der Waals surface area contributed by atoms with Crippen molar-refractivity contribution in [2.75, 3.05) is 30.3 Å². The first-order valence-electron chi connectivity index (χ1n) is 11.6. The summed E-state index contributed by atoms with van der Waals surface area (Å²) < 4.78 is 33.0. The maximum absolute atomic E-state index is 13.6. The molecule has 8 nitrogen and oxygen atoms in total. The van der Waals surface area contributed by atoms with E-state index in [1.165, 1.54) is 4.90 Å². The summed E-state index contributed by atoms with van der Waals surface area (Å²) in [6.07, 6.45) is 2.80. The molecule has 35 heavy (non-hydrogen) atoms. The number of unbranched alkanes of at least 4 members (excludes halogenated alkanes) is 1. The lowest BCUT2D eigenvalue weighted by atomic mass is 10.1. The van der Waals surface area contributed by atoms with Gasteiger partial charge in [0.25, 0.3) is 0 Å². The molecule has 1 atom stereocenters. The van der Waals surface area contributed by atoms with Crippen LogP contribution in [0.3, 0.4) is 0 Å². The SMILES string of the molecule is CCCCNC(=O)C(C)N(Cc1ccc(Br)cc1)C(=O)CN(c1ccccc1OCC)S(C)(=O)=O. The number of hydrogen-bond donors (Lipinski definition) is 1. The van der Waals surface area contributed by atoms with Crippen LogP contribution in [0.15, 0.2) is 53.0 Å². The van der Waals surface area contributed by atoms with Gasteiger partial charge in [0.2, 0.25) is 21.8 Å². The molecule has 0 bridgehead atoms. The molecule has 0 heterocycles. The summed E-state index contributed by atoms with van der Waals surface area (Å²) in [5.74, 6) is -0.426. The number of rotatable bonds is 13. The first-order chi connectivity index (χ1) is 16.6. The molecule has 0 aliphatic carbocycles. The van der Waals surface area contributed by atoms with Crippen LogP contribution in [0.25, 0.3) is 0 Å². The second-order valence-electron chi connectivity index (χ2n) is 8.14. The van der Waals surface area contributed by atoms with Gasteiger partial charge in [0.15, 0.2) is 0 Å². The Kier molecular flexibility index (Phi) is 11.0. The number of carbonyl (C=O) groups excluding carboxylic acids is 2. The fourth-order valence-electron chi connectivity index (χ4n) is 3.44. The molecule has 192 valence electrons. The van der Waals surface area contributed by atoms with Crippen molar-refractivity contribution in [3.8, 4) is 5.75 Å². The zero-order valence-electron chi connectivity index (χ0n) is 20.7. The normalized spacial score (nSPS) is 12.0. The van der Waals surface area contributed by atoms with E-state index in [1.54, 1.807) is 38.1 Å². The maximum atomic E-state index is 13.6. The van der Waals surface area contributed by atoms with Crippen LogP contribution in [0.1, 0.15) is 39.2 Å². The molecule has 2 amide bonds. The van der Waals surface area contributed by atoms with E-state index in [0.29, 0.717) is 18.9 Å². The largest absolute Gasteiger partial charge is 0.492 e. The second kappa shape index (κ2) is 13.5. The Hall–Kier alpha value is -2.59. The number of carbonyl (C=O) groups is 2. The first kappa shape index (κ1) is 28.6. The first-order valence-corrected chi connectivity index (χ1v) is 14.2. The molecule has 0 aliphatic rings. The van der Waals surface area contributed by atoms with Crippen LogP contribution in [0, 0.1) is 0 Å². The van der Waals surface area contributed by atoms with Gasteiger partial charge in [-0.2, -0.15) is 0 Å². The lowest BCUT2D eigenvalue weighted by Gasteiger charge is -2.32. The number of sulfonamides is 1. The number of ether oxygens (including phenoxy) is 1. The van der Waals surface area contributed by atoms with Crippen molar-refractivity contribution in [2.45, 2.75) is 46.2 Å². The van der Waals surface area contributed by atoms with E-state index in [2.05, 4.69) is 21.2 Å². The number of para-hydroxylation sites is 2. The molecular formula is C25H34BrN3O5S. The average Bonchev–Trinajstić information content (AvgIpc) is 2.81. The molecule has 2 aromatic carbocycles. The van der Waals surface area contributed by atoms with Crippen molar-refractivity contribution in [1.82, 2.24) is 10.2 Å². The molecule has 1 unspecified atom stereocenters. The van der Waals surface area contributed by atoms with Crippen LogP contribution < -0.4 is 14.4 Å². The summed E-state index contributed by atoms with van der Waals surface area (Å²) in [5.41, 5.74) is 1.09. The molecule has 2 rings (SSSR count). The van der Waals surface area contributed by atoms with Gasteiger partial charge in [-0.05, 0) is 50.1 Å². The molecule has 0 fully saturated rings. The molecule has 0 saturated heterocycles. The van der Waals surface area contributed by atoms with Gasteiger partial charge < -0.3 is 15.0 Å². The van der Waals surface area contributed by atoms with E-state index in [1.807, 2.05) is 31.2 Å². The van der Waals surface area contributed by atoms with Gasteiger partial charge >= 0.3 is 0 Å². The Morgan fingerprint density at radius 1 is 1.09 bits per heavy atom. The minimum Gasteiger partial charge on any atom is -0.492 e. The predicted molar refractivity (Wildman–Crippen MR) is 142 cm³/mol. The van der Waals surface area contributed by atoms with Gasteiger partial charge in [-0.1, -0.05) is 53.5 Å². The highest BCUT2D eigenvalue weighted by molar-refractivity contribution is 9.10. The minimum atomic E-state index is -3.83. The molecule has 0 spiro atoms. The van der Waals surface area contributed by atoms with Gasteiger partial charge in [0.1, 0.15) is 18.3 Å². The smallest absolute Gasteiger partial charge is 0.244 e. The molecule has 0 aliphatic heterocycles. The van der Waals surface area contributed by atoms with Gasteiger partial charge in [0.05, 0.1) is 18.6 Å². The van der Waals surface area contributed by atoms with Crippen LogP contribution in [-0.2, 0) is 26.2 Å². The third-order valence-corrected chi connectivity index (χ3v) is 7.03. The number of anilines is 1. The van der Waals surface area contributed by atoms with E-state index >= 15 is 0 Å². The van der Waals surface area contributed by atoms with Gasteiger partial charge in [-0.15, -0.1) is 0 Å². The predicted octanol–water partition coefficient (Wildman–Crippen LogP) is 3.95. The summed E-state index contributed by atoms with van der Waals surface area (Å²) in [7, 11) is -3.83. The summed E-state index contributed by atoms with van der Waals surface area (Å²) in [4.78, 5) is 27.8. The Balaban J connectivity index is 2.38. The topological polar surface area (TPSA) is 96.0 Å². The molecule has 1 N–H and O–H groups in total. The van der Waals surface area contributed by atoms with E-state index in [4.69, 9.17) is 4.74 Å². The number of hydrogen-bond acceptors (Lipinski definition) is 5. The van der Waals surface area contributed by atoms with E-state index in [0.717, 1.165) is 33.4 Å². The van der Waals surface area contributed by atoms with Gasteiger partial charge in [-0.25, -0.2) is 8.42 Å². The number of amides is 2. The lowest BCUT2D eigenvalue weighted by molar-refractivity contribution is -0.139. The Labute approximate surface area is 216 Å². The Morgan fingerprint density at radius 3 is 2.34 bits per heavy atom. The van der Waals surface area contributed by atoms with Crippen LogP contribution in [0.2, 0.25) is 0 Å². The molecule has 0 radical (unpaired) electrons. The standard InChI is InChI=1S/C25H34BrN3O5S/c1-5-7-16-27-25(31)19(3)28(17-20-12-14-21(26)15-13-20)24(30)18-29(35(4,32)33)22-10-8-9-11-23(22)34-6-2/h8-15,19H,5-7,16-18H2,1-4H3,(H,27,31). The van der Waals surface area contributed by atoms with Crippen LogP contribution >= 0.6 is 15.9 Å². The highest BCUT2D eigenvalue weighted by atomic mass is 79.9. The van der Waals surface area contributed by atoms with E-state index in [9.17, 15) is 18.0 Å². The summed E-state index contributed by atoms with van der Waals surface area (Å²) in [6, 6.07) is 13.3. The summed E-state index contributed by atoms with van der Waals surface area (Å²) in [5, 5.41) is 2.86. The number of halogens is 1. The zero-order chi connectivity index (χ0) is 26.0. The number of benzene rings is 2. The fourth-order valence-corrected chi connectivity index (χ4v) is 4.56. The maximum Gasteiger partial charge on any atom is 0.244 e. The fraction of sp³-hybridized carbons (Fsp3) is 0.440. The van der Waals surface area contributed by atoms with Crippen molar-refractivity contribution in [2.24, 2.45) is 0 Å². The van der Waals surface area contributed by atoms with E-state index < -0.39 is 28.5 Å². The van der Waals surface area contributed by atoms with E-state index in [-0.39, 0.29) is 18.1 Å². The van der Waals surface area contributed by atoms with Gasteiger partial charge in [-0.3, -0.25) is 13.9 Å². The molecule has 2 aromatic rings. The monoisotopic (exact) mass is 567 g/mol. The van der Waals surface area contributed by atoms with Crippen molar-refractivity contribution >= 4 is 43.5 Å². The van der Waals surface area contributed by atoms with Crippen LogP contribution in [0.5, 0.6) is 5.75 Å². The van der Waals surface area contributed by atoms with Crippen LogP contribution in [-0.4, -0.2) is 57.1 Å². The van der Waals surface area contributed by atoms with Crippen molar-refractivity contribution in [3.63, 3.8) is 0 Å². The summed E-state index contributed by atoms with van der Waals surface area (Å²) >= 11 is 3.40. The molecule has 10 heteroatoms. The Bertz CT molecular complexity index is 1090. The second-order valence-corrected chi connectivity index (χ2v) is 11.0. The quantitative estimate of drug-likeness (QED) is 0.370. The lowest BCUT2D eigenvalue weighted by Crippen LogP contribution is -2.51. The van der Waals surface area contributed by atoms with Gasteiger partial charge in [0, 0.05) is 17.6 Å². The van der Waals surface area contributed by atoms with Crippen LogP contribution in [0.4, 0.5) is 5.69 Å². The third-order valence-electron chi connectivity index (χ3n) is 5.38.